The number of rotatable bonds is 13. The van der Waals surface area contributed by atoms with Crippen molar-refractivity contribution in [3.8, 4) is 28.7 Å². The molecule has 0 aliphatic carbocycles. The fourth-order valence-electron chi connectivity index (χ4n) is 7.83. The Morgan fingerprint density at radius 3 is 2.16 bits per heavy atom. The van der Waals surface area contributed by atoms with E-state index in [1.54, 1.807) is 32.4 Å². The molecule has 4 heterocycles. The van der Waals surface area contributed by atoms with Gasteiger partial charge in [-0.15, -0.1) is 0 Å². The van der Waals surface area contributed by atoms with E-state index in [0.717, 1.165) is 42.4 Å². The first-order chi connectivity index (χ1) is 27.3. The number of methoxy groups -OCH3 is 2. The summed E-state index contributed by atoms with van der Waals surface area (Å²) < 4.78 is 29.2. The summed E-state index contributed by atoms with van der Waals surface area (Å²) in [6, 6.07) is 20.8. The highest BCUT2D eigenvalue weighted by Crippen LogP contribution is 2.43. The zero-order valence-corrected chi connectivity index (χ0v) is 31.5. The number of primary amides is 1. The number of nitrogens with two attached hydrogens (primary N) is 1. The number of ether oxygens (including phenoxy) is 5. The smallest absolute Gasteiger partial charge is 0.257 e. The Morgan fingerprint density at radius 1 is 0.750 bits per heavy atom. The molecular weight excluding hydrogens is 714 g/mol. The molecule has 13 heteroatoms. The second-order valence-corrected chi connectivity index (χ2v) is 14.4. The van der Waals surface area contributed by atoms with Crippen LogP contribution in [0.25, 0.3) is 0 Å². The van der Waals surface area contributed by atoms with Crippen LogP contribution in [0, 0.1) is 0 Å². The molecule has 0 saturated carbocycles. The number of aliphatic hydroxyl groups excluding tert-OH is 1. The van der Waals surface area contributed by atoms with Crippen molar-refractivity contribution in [3.63, 3.8) is 0 Å². The molecule has 0 radical (unpaired) electrons. The summed E-state index contributed by atoms with van der Waals surface area (Å²) >= 11 is 0. The number of hydrogen-bond acceptors (Lipinski definition) is 11. The zero-order valence-electron chi connectivity index (χ0n) is 31.5. The van der Waals surface area contributed by atoms with Crippen molar-refractivity contribution in [3.05, 3.63) is 100 Å². The van der Waals surface area contributed by atoms with Crippen molar-refractivity contribution >= 4 is 35.6 Å². The molecule has 56 heavy (non-hydrogen) atoms. The SMILES string of the molecule is COc1cc2c(cc1OCCCCCOc1cc3c(cc1OC)C(O)N1Cc4cc(OCC(N)=O)ccc4C[C@H]1C=N3)N=C[C@@H]1Cc3ccccc3CN1C2=O. The van der Waals surface area contributed by atoms with Crippen molar-refractivity contribution in [2.75, 3.05) is 34.0 Å². The number of fused-ring (bicyclic) bond motifs is 6. The van der Waals surface area contributed by atoms with Crippen molar-refractivity contribution in [1.82, 2.24) is 9.80 Å². The lowest BCUT2D eigenvalue weighted by Gasteiger charge is -2.37. The summed E-state index contributed by atoms with van der Waals surface area (Å²) in [4.78, 5) is 38.3. The summed E-state index contributed by atoms with van der Waals surface area (Å²) in [5.74, 6) is 2.05. The van der Waals surface area contributed by atoms with Crippen LogP contribution in [-0.2, 0) is 30.7 Å². The Labute approximate surface area is 325 Å². The number of amides is 2. The predicted molar refractivity (Wildman–Crippen MR) is 210 cm³/mol. The number of benzene rings is 4. The van der Waals surface area contributed by atoms with Gasteiger partial charge in [0.2, 0.25) is 0 Å². The van der Waals surface area contributed by atoms with Gasteiger partial charge in [-0.1, -0.05) is 30.3 Å². The summed E-state index contributed by atoms with van der Waals surface area (Å²) in [5, 5.41) is 11.6. The molecule has 4 aliphatic rings. The number of hydrogen-bond donors (Lipinski definition) is 2. The van der Waals surface area contributed by atoms with Crippen LogP contribution in [0.5, 0.6) is 28.7 Å². The van der Waals surface area contributed by atoms with Crippen LogP contribution >= 0.6 is 0 Å². The van der Waals surface area contributed by atoms with Gasteiger partial charge in [-0.25, -0.2) is 0 Å². The minimum absolute atomic E-state index is 0.0669. The first-order valence-corrected chi connectivity index (χ1v) is 18.9. The van der Waals surface area contributed by atoms with Gasteiger partial charge in [0.1, 0.15) is 12.0 Å². The maximum absolute atomic E-state index is 13.7. The summed E-state index contributed by atoms with van der Waals surface area (Å²) in [6.07, 6.45) is 6.59. The Morgan fingerprint density at radius 2 is 1.41 bits per heavy atom. The van der Waals surface area contributed by atoms with Gasteiger partial charge >= 0.3 is 0 Å². The normalized spacial score (nSPS) is 19.2. The zero-order chi connectivity index (χ0) is 38.8. The molecule has 0 aromatic heterocycles. The molecule has 4 aromatic carbocycles. The average molecular weight is 760 g/mol. The van der Waals surface area contributed by atoms with E-state index in [4.69, 9.17) is 39.4 Å². The highest BCUT2D eigenvalue weighted by atomic mass is 16.5. The van der Waals surface area contributed by atoms with Crippen LogP contribution in [0.3, 0.4) is 0 Å². The Balaban J connectivity index is 0.856. The van der Waals surface area contributed by atoms with E-state index in [2.05, 4.69) is 12.1 Å². The van der Waals surface area contributed by atoms with Gasteiger partial charge in [0, 0.05) is 43.2 Å². The third-order valence-electron chi connectivity index (χ3n) is 10.8. The monoisotopic (exact) mass is 759 g/mol. The molecule has 3 atom stereocenters. The molecule has 0 saturated heterocycles. The Kier molecular flexibility index (Phi) is 10.6. The number of nitrogens with zero attached hydrogens (tertiary/aromatic N) is 4. The van der Waals surface area contributed by atoms with Crippen LogP contribution in [0.2, 0.25) is 0 Å². The van der Waals surface area contributed by atoms with Crippen LogP contribution < -0.4 is 29.4 Å². The molecule has 8 rings (SSSR count). The lowest BCUT2D eigenvalue weighted by atomic mass is 9.93. The van der Waals surface area contributed by atoms with E-state index >= 15 is 0 Å². The summed E-state index contributed by atoms with van der Waals surface area (Å²) in [6.45, 7) is 1.71. The molecule has 13 nitrogen and oxygen atoms in total. The van der Waals surface area contributed by atoms with Crippen LogP contribution in [0.15, 0.2) is 76.7 Å². The van der Waals surface area contributed by atoms with Gasteiger partial charge in [0.15, 0.2) is 29.6 Å². The third kappa shape index (κ3) is 7.52. The van der Waals surface area contributed by atoms with Crippen molar-refractivity contribution in [2.24, 2.45) is 15.7 Å². The predicted octanol–water partition coefficient (Wildman–Crippen LogP) is 5.61. The molecule has 4 aromatic rings. The van der Waals surface area contributed by atoms with E-state index in [1.807, 2.05) is 58.6 Å². The van der Waals surface area contributed by atoms with Crippen molar-refractivity contribution < 1.29 is 38.4 Å². The van der Waals surface area contributed by atoms with Crippen LogP contribution in [0.1, 0.15) is 63.7 Å². The van der Waals surface area contributed by atoms with Gasteiger partial charge < -0.3 is 39.4 Å². The largest absolute Gasteiger partial charge is 0.493 e. The van der Waals surface area contributed by atoms with Gasteiger partial charge in [0.05, 0.1) is 56.5 Å². The second kappa shape index (κ2) is 16.0. The van der Waals surface area contributed by atoms with Gasteiger partial charge in [0.25, 0.3) is 11.8 Å². The molecule has 0 fully saturated rings. The quantitative estimate of drug-likeness (QED) is 0.165. The second-order valence-electron chi connectivity index (χ2n) is 14.4. The standard InChI is InChI=1S/C43H45N5O8/c1-52-37-17-33-35(45-21-30-14-26-8-4-5-9-28(26)23-47(30)42(33)50)19-39(37)54-12-6-3-7-13-55-40-20-36-34(18-38(40)53-2)43(51)48-24-29-16-32(56-25-41(44)49)11-10-27(29)15-31(48)22-46-36/h4-5,8-11,16-22,30-31,43,51H,3,6-7,12-15,23-25H2,1-2H3,(H2,44,49)/t30-,31-,43?/m0/s1. The number of unbranched alkanes of at least 4 members (excludes halogenated alkanes) is 2. The molecule has 0 bridgehead atoms. The first-order valence-electron chi connectivity index (χ1n) is 18.9. The lowest BCUT2D eigenvalue weighted by Crippen LogP contribution is -2.44. The van der Waals surface area contributed by atoms with Gasteiger partial charge in [-0.05, 0) is 78.6 Å². The third-order valence-corrected chi connectivity index (χ3v) is 10.8. The molecule has 2 amide bonds. The average Bonchev–Trinajstić information content (AvgIpc) is 3.43. The molecule has 290 valence electrons. The molecular formula is C43H45N5O8. The van der Waals surface area contributed by atoms with Crippen LogP contribution in [-0.4, -0.2) is 85.3 Å². The number of aliphatic hydroxyl groups is 1. The molecule has 4 aliphatic heterocycles. The Hall–Kier alpha value is -5.92. The van der Waals surface area contributed by atoms with Gasteiger partial charge in [-0.2, -0.15) is 0 Å². The van der Waals surface area contributed by atoms with E-state index < -0.39 is 12.1 Å². The van der Waals surface area contributed by atoms with E-state index in [0.29, 0.717) is 84.0 Å². The minimum atomic E-state index is -0.936. The molecule has 0 spiro atoms. The van der Waals surface area contributed by atoms with Crippen LogP contribution in [0.4, 0.5) is 11.4 Å². The highest BCUT2D eigenvalue weighted by Gasteiger charge is 2.35. The lowest BCUT2D eigenvalue weighted by molar-refractivity contribution is -0.119. The van der Waals surface area contributed by atoms with E-state index in [1.165, 1.54) is 5.56 Å². The first kappa shape index (κ1) is 37.0. The number of carbonyl (C=O) groups is 2. The highest BCUT2D eigenvalue weighted by molar-refractivity contribution is 6.03. The van der Waals surface area contributed by atoms with Crippen molar-refractivity contribution in [1.29, 1.82) is 0 Å². The van der Waals surface area contributed by atoms with E-state index in [9.17, 15) is 14.7 Å². The molecule has 1 unspecified atom stereocenters. The Bertz CT molecular complexity index is 2210. The van der Waals surface area contributed by atoms with Crippen molar-refractivity contribution in [2.45, 2.75) is 63.5 Å². The maximum Gasteiger partial charge on any atom is 0.257 e. The summed E-state index contributed by atoms with van der Waals surface area (Å²) in [5.41, 5.74) is 12.1. The number of aliphatic imine (C=N–C) groups is 2. The summed E-state index contributed by atoms with van der Waals surface area (Å²) in [7, 11) is 3.15. The maximum atomic E-state index is 13.7. The fraction of sp³-hybridized carbons (Fsp3) is 0.349. The van der Waals surface area contributed by atoms with Gasteiger partial charge in [-0.3, -0.25) is 24.5 Å². The topological polar surface area (TPSA) is 158 Å². The van der Waals surface area contributed by atoms with E-state index in [-0.39, 0.29) is 24.6 Å². The molecule has 3 N–H and O–H groups in total. The fourth-order valence-corrected chi connectivity index (χ4v) is 7.83. The number of carbonyl (C=O) groups excluding carboxylic acids is 2. The minimum Gasteiger partial charge on any atom is -0.493 e.